The number of benzene rings is 2. The van der Waals surface area contributed by atoms with Gasteiger partial charge in [0.1, 0.15) is 36.9 Å². The zero-order valence-corrected chi connectivity index (χ0v) is 19.7. The number of carboxylic acids is 1. The molecule has 0 aromatic heterocycles. The minimum atomic E-state index is -1.00. The molecule has 8 nitrogen and oxygen atoms in total. The number of rotatable bonds is 11. The van der Waals surface area contributed by atoms with E-state index in [0.29, 0.717) is 23.5 Å². The Morgan fingerprint density at radius 1 is 0.914 bits per heavy atom. The Bertz CT molecular complexity index is 1190. The lowest BCUT2D eigenvalue weighted by Crippen LogP contribution is -2.23. The van der Waals surface area contributed by atoms with E-state index in [1.807, 2.05) is 24.3 Å². The van der Waals surface area contributed by atoms with Gasteiger partial charge in [0, 0.05) is 46.0 Å². The van der Waals surface area contributed by atoms with Crippen molar-refractivity contribution in [3.8, 4) is 11.5 Å². The van der Waals surface area contributed by atoms with Crippen molar-refractivity contribution >= 4 is 28.7 Å². The summed E-state index contributed by atoms with van der Waals surface area (Å²) in [5.74, 6) is -1.01. The van der Waals surface area contributed by atoms with Gasteiger partial charge in [0.25, 0.3) is 0 Å². The minimum absolute atomic E-state index is 0.0663. The van der Waals surface area contributed by atoms with Gasteiger partial charge in [0.2, 0.25) is 0 Å². The second-order valence-corrected chi connectivity index (χ2v) is 8.10. The molecule has 0 heterocycles. The van der Waals surface area contributed by atoms with E-state index in [4.69, 9.17) is 18.9 Å². The van der Waals surface area contributed by atoms with E-state index in [-0.39, 0.29) is 25.2 Å². The van der Waals surface area contributed by atoms with E-state index in [1.165, 1.54) is 0 Å². The van der Waals surface area contributed by atoms with Gasteiger partial charge in [0.05, 0.1) is 0 Å². The van der Waals surface area contributed by atoms with Gasteiger partial charge >= 0.3 is 17.9 Å². The van der Waals surface area contributed by atoms with Crippen molar-refractivity contribution in [3.05, 3.63) is 72.4 Å². The highest BCUT2D eigenvalue weighted by molar-refractivity contribution is 5.98. The van der Waals surface area contributed by atoms with E-state index in [9.17, 15) is 19.5 Å². The molecule has 2 aromatic carbocycles. The summed E-state index contributed by atoms with van der Waals surface area (Å²) in [4.78, 5) is 34.8. The summed E-state index contributed by atoms with van der Waals surface area (Å²) in [6.07, 6.45) is 3.22. The molecule has 35 heavy (non-hydrogen) atoms. The Hall–Kier alpha value is -4.07. The summed E-state index contributed by atoms with van der Waals surface area (Å²) in [7, 11) is 0. The maximum absolute atomic E-state index is 11.7. The lowest BCUT2D eigenvalue weighted by molar-refractivity contribution is -0.144. The van der Waals surface area contributed by atoms with E-state index < -0.39 is 30.1 Å². The van der Waals surface area contributed by atoms with Crippen LogP contribution in [0.3, 0.4) is 0 Å². The third-order valence-electron chi connectivity index (χ3n) is 5.42. The first-order valence-corrected chi connectivity index (χ1v) is 11.2. The number of carbonyl (C=O) groups is 3. The standard InChI is InChI=1S/C27H28O8/c1-5-23(28)34-16(3)14-32-25-19-9-7-8-10-20(19)26(33-15-17(4)35-24(29)6-2)22-13-18(27(30)31)11-12-21(22)25/h5-11,16-17H,1-2,12-15H2,3-4H3,(H,30,31). The van der Waals surface area contributed by atoms with Gasteiger partial charge in [0.15, 0.2) is 0 Å². The molecule has 0 spiro atoms. The maximum atomic E-state index is 11.7. The van der Waals surface area contributed by atoms with E-state index in [2.05, 4.69) is 13.2 Å². The maximum Gasteiger partial charge on any atom is 0.331 e. The molecule has 1 N–H and O–H groups in total. The highest BCUT2D eigenvalue weighted by Crippen LogP contribution is 2.44. The molecule has 0 saturated heterocycles. The zero-order valence-electron chi connectivity index (χ0n) is 19.7. The van der Waals surface area contributed by atoms with Crippen LogP contribution >= 0.6 is 0 Å². The van der Waals surface area contributed by atoms with Crippen LogP contribution < -0.4 is 9.47 Å². The summed E-state index contributed by atoms with van der Waals surface area (Å²) in [5, 5.41) is 11.1. The Morgan fingerprint density at radius 3 is 1.86 bits per heavy atom. The fourth-order valence-corrected chi connectivity index (χ4v) is 3.82. The third kappa shape index (κ3) is 6.09. The van der Waals surface area contributed by atoms with Crippen LogP contribution in [0.5, 0.6) is 11.5 Å². The van der Waals surface area contributed by atoms with Gasteiger partial charge in [-0.05, 0) is 20.3 Å². The molecule has 0 amide bonds. The lowest BCUT2D eigenvalue weighted by Gasteiger charge is -2.26. The quantitative estimate of drug-likeness (QED) is 0.381. The molecule has 184 valence electrons. The highest BCUT2D eigenvalue weighted by atomic mass is 16.6. The number of aliphatic carboxylic acids is 1. The normalized spacial score (nSPS) is 14.1. The number of hydrogen-bond donors (Lipinski definition) is 1. The molecule has 0 aliphatic heterocycles. The largest absolute Gasteiger partial charge is 0.489 e. The van der Waals surface area contributed by atoms with Crippen LogP contribution in [0.25, 0.3) is 10.8 Å². The molecule has 8 heteroatoms. The molecule has 1 aliphatic carbocycles. The first-order valence-electron chi connectivity index (χ1n) is 11.2. The Labute approximate surface area is 203 Å². The second kappa shape index (κ2) is 11.4. The van der Waals surface area contributed by atoms with Crippen LogP contribution in [0.1, 0.15) is 25.0 Å². The summed E-state index contributed by atoms with van der Waals surface area (Å²) in [6, 6.07) is 7.45. The topological polar surface area (TPSA) is 108 Å². The summed E-state index contributed by atoms with van der Waals surface area (Å²) in [6.45, 7) is 10.4. The fraction of sp³-hybridized carbons (Fsp3) is 0.296. The lowest BCUT2D eigenvalue weighted by atomic mass is 9.87. The second-order valence-electron chi connectivity index (χ2n) is 8.10. The number of esters is 2. The number of fused-ring (bicyclic) bond motifs is 2. The molecule has 2 aromatic rings. The zero-order chi connectivity index (χ0) is 25.5. The number of hydrogen-bond acceptors (Lipinski definition) is 7. The van der Waals surface area contributed by atoms with Gasteiger partial charge < -0.3 is 24.1 Å². The SMILES string of the molecule is C=CC(=O)OC(C)COc1c2c(c(OCC(C)OC(=O)C=C)c3ccccc13)CC(C(=O)O)=CC2. The predicted octanol–water partition coefficient (Wildman–Crippen LogP) is 3.94. The first-order chi connectivity index (χ1) is 16.7. The smallest absolute Gasteiger partial charge is 0.331 e. The number of ether oxygens (including phenoxy) is 4. The van der Waals surface area contributed by atoms with Crippen LogP contribution in [-0.4, -0.2) is 48.4 Å². The van der Waals surface area contributed by atoms with E-state index in [0.717, 1.165) is 28.5 Å². The van der Waals surface area contributed by atoms with Crippen molar-refractivity contribution in [1.29, 1.82) is 0 Å². The summed E-state index contributed by atoms with van der Waals surface area (Å²) < 4.78 is 22.7. The summed E-state index contributed by atoms with van der Waals surface area (Å²) >= 11 is 0. The fourth-order valence-electron chi connectivity index (χ4n) is 3.82. The molecule has 0 radical (unpaired) electrons. The van der Waals surface area contributed by atoms with Gasteiger partial charge in [-0.25, -0.2) is 14.4 Å². The van der Waals surface area contributed by atoms with Crippen molar-refractivity contribution in [1.82, 2.24) is 0 Å². The molecule has 1 aliphatic rings. The predicted molar refractivity (Wildman–Crippen MR) is 130 cm³/mol. The highest BCUT2D eigenvalue weighted by Gasteiger charge is 2.27. The van der Waals surface area contributed by atoms with Crippen molar-refractivity contribution < 1.29 is 38.4 Å². The molecular weight excluding hydrogens is 452 g/mol. The van der Waals surface area contributed by atoms with Gasteiger partial charge in [-0.2, -0.15) is 0 Å². The van der Waals surface area contributed by atoms with Crippen LogP contribution in [-0.2, 0) is 36.7 Å². The van der Waals surface area contributed by atoms with Gasteiger partial charge in [-0.15, -0.1) is 0 Å². The van der Waals surface area contributed by atoms with Crippen molar-refractivity contribution in [3.63, 3.8) is 0 Å². The number of allylic oxidation sites excluding steroid dienone is 1. The monoisotopic (exact) mass is 480 g/mol. The van der Waals surface area contributed by atoms with Gasteiger partial charge in [-0.3, -0.25) is 0 Å². The number of carbonyl (C=O) groups excluding carboxylic acids is 2. The molecule has 0 bridgehead atoms. The average molecular weight is 481 g/mol. The Morgan fingerprint density at radius 2 is 1.40 bits per heavy atom. The molecule has 0 saturated carbocycles. The van der Waals surface area contributed by atoms with Crippen molar-refractivity contribution in [2.75, 3.05) is 13.2 Å². The van der Waals surface area contributed by atoms with Crippen molar-refractivity contribution in [2.24, 2.45) is 0 Å². The molecule has 2 unspecified atom stereocenters. The Kier molecular flexibility index (Phi) is 8.30. The molecule has 3 rings (SSSR count). The third-order valence-corrected chi connectivity index (χ3v) is 5.42. The number of carboxylic acid groups (broad SMARTS) is 1. The van der Waals surface area contributed by atoms with Crippen LogP contribution in [0.4, 0.5) is 0 Å². The van der Waals surface area contributed by atoms with Gasteiger partial charge in [-0.1, -0.05) is 43.5 Å². The van der Waals surface area contributed by atoms with Crippen molar-refractivity contribution in [2.45, 2.75) is 38.9 Å². The van der Waals surface area contributed by atoms with Crippen LogP contribution in [0.2, 0.25) is 0 Å². The average Bonchev–Trinajstić information content (AvgIpc) is 2.85. The Balaban J connectivity index is 2.02. The molecule has 0 fully saturated rings. The first kappa shape index (κ1) is 25.6. The van der Waals surface area contributed by atoms with Crippen LogP contribution in [0.15, 0.2) is 61.2 Å². The van der Waals surface area contributed by atoms with Crippen LogP contribution in [0, 0.1) is 0 Å². The summed E-state index contributed by atoms with van der Waals surface area (Å²) in [5.41, 5.74) is 1.74. The van der Waals surface area contributed by atoms with E-state index >= 15 is 0 Å². The molecule has 2 atom stereocenters. The van der Waals surface area contributed by atoms with E-state index in [1.54, 1.807) is 19.9 Å². The minimum Gasteiger partial charge on any atom is -0.489 e. The molecular formula is C27H28O8.